The number of benzene rings is 1. The average Bonchev–Trinajstić information content (AvgIpc) is 2.31. The lowest BCUT2D eigenvalue weighted by molar-refractivity contribution is -0.172. The van der Waals surface area contributed by atoms with Crippen LogP contribution in [0.15, 0.2) is 16.6 Å². The number of β-amino-alcohol motifs (C(OH)–C–C–N with tert-alkyl or cyclic N) is 1. The molecule has 19 heavy (non-hydrogen) atoms. The molecule has 0 aromatic heterocycles. The third-order valence-electron chi connectivity index (χ3n) is 2.78. The van der Waals surface area contributed by atoms with Gasteiger partial charge in [-0.3, -0.25) is 0 Å². The first-order valence-corrected chi connectivity index (χ1v) is 6.59. The van der Waals surface area contributed by atoms with Crippen LogP contribution in [0, 0.1) is 11.3 Å². The third kappa shape index (κ3) is 3.91. The monoisotopic (exact) mass is 327 g/mol. The molecule has 1 unspecified atom stereocenters. The van der Waals surface area contributed by atoms with Gasteiger partial charge < -0.3 is 16.0 Å². The number of halogens is 1. The molecule has 0 fully saturated rings. The number of anilines is 1. The Morgan fingerprint density at radius 1 is 1.47 bits per heavy atom. The molecule has 0 saturated heterocycles. The average molecular weight is 328 g/mol. The molecule has 5 nitrogen and oxygen atoms in total. The first-order valence-electron chi connectivity index (χ1n) is 5.80. The van der Waals surface area contributed by atoms with Crippen molar-refractivity contribution in [3.8, 4) is 6.07 Å². The van der Waals surface area contributed by atoms with Crippen LogP contribution in [0.1, 0.15) is 38.0 Å². The molecule has 1 atom stereocenters. The van der Waals surface area contributed by atoms with Crippen LogP contribution < -0.4 is 5.73 Å². The zero-order valence-electron chi connectivity index (χ0n) is 11.2. The molecule has 0 aliphatic rings. The molecule has 0 aliphatic carbocycles. The van der Waals surface area contributed by atoms with Crippen LogP contribution in [0.4, 0.5) is 5.69 Å². The smallest absolute Gasteiger partial charge is 0.101 e. The molecule has 0 bridgehead atoms. The van der Waals surface area contributed by atoms with E-state index in [4.69, 9.17) is 11.0 Å². The fourth-order valence-corrected chi connectivity index (χ4v) is 1.94. The van der Waals surface area contributed by atoms with Crippen LogP contribution in [-0.2, 0) is 0 Å². The van der Waals surface area contributed by atoms with Gasteiger partial charge in [0.2, 0.25) is 0 Å². The lowest BCUT2D eigenvalue weighted by Gasteiger charge is -2.31. The second-order valence-corrected chi connectivity index (χ2v) is 6.20. The molecule has 0 amide bonds. The van der Waals surface area contributed by atoms with E-state index in [0.717, 1.165) is 5.06 Å². The van der Waals surface area contributed by atoms with E-state index in [9.17, 15) is 10.3 Å². The van der Waals surface area contributed by atoms with Crippen molar-refractivity contribution in [1.29, 1.82) is 5.26 Å². The van der Waals surface area contributed by atoms with Crippen LogP contribution in [0.2, 0.25) is 0 Å². The van der Waals surface area contributed by atoms with Gasteiger partial charge in [0.05, 0.1) is 23.9 Å². The van der Waals surface area contributed by atoms with E-state index < -0.39 is 11.6 Å². The van der Waals surface area contributed by atoms with Gasteiger partial charge in [-0.1, -0.05) is 0 Å². The second-order valence-electron chi connectivity index (χ2n) is 5.34. The number of nitrogen functional groups attached to an aromatic ring is 1. The van der Waals surface area contributed by atoms with Gasteiger partial charge in [-0.25, -0.2) is 0 Å². The van der Waals surface area contributed by atoms with Gasteiger partial charge in [-0.05, 0) is 54.4 Å². The third-order valence-corrected chi connectivity index (χ3v) is 3.43. The fourth-order valence-electron chi connectivity index (χ4n) is 1.47. The normalized spacial score (nSPS) is 13.4. The number of rotatable bonds is 3. The summed E-state index contributed by atoms with van der Waals surface area (Å²) < 4.78 is 0.556. The highest BCUT2D eigenvalue weighted by Crippen LogP contribution is 2.28. The lowest BCUT2D eigenvalue weighted by Crippen LogP contribution is -2.41. The maximum atomic E-state index is 10.1. The topological polar surface area (TPSA) is 93.5 Å². The summed E-state index contributed by atoms with van der Waals surface area (Å²) in [4.78, 5) is 0. The van der Waals surface area contributed by atoms with E-state index in [1.165, 1.54) is 6.07 Å². The number of hydroxylamine groups is 2. The lowest BCUT2D eigenvalue weighted by atomic mass is 10.0. The van der Waals surface area contributed by atoms with Crippen LogP contribution in [0.25, 0.3) is 0 Å². The van der Waals surface area contributed by atoms with E-state index in [2.05, 4.69) is 15.9 Å². The van der Waals surface area contributed by atoms with Gasteiger partial charge in [0.1, 0.15) is 6.07 Å². The van der Waals surface area contributed by atoms with E-state index in [1.807, 2.05) is 26.8 Å². The Bertz CT molecular complexity index is 506. The second kappa shape index (κ2) is 5.88. The quantitative estimate of drug-likeness (QED) is 0.585. The highest BCUT2D eigenvalue weighted by molar-refractivity contribution is 9.10. The van der Waals surface area contributed by atoms with Crippen LogP contribution >= 0.6 is 15.9 Å². The summed E-state index contributed by atoms with van der Waals surface area (Å²) in [5.74, 6) is 0. The van der Waals surface area contributed by atoms with Crippen molar-refractivity contribution >= 4 is 21.6 Å². The van der Waals surface area contributed by atoms with Gasteiger partial charge in [-0.2, -0.15) is 10.3 Å². The molecule has 1 aromatic rings. The fraction of sp³-hybridized carbons (Fsp3) is 0.462. The summed E-state index contributed by atoms with van der Waals surface area (Å²) in [5, 5.41) is 30.0. The summed E-state index contributed by atoms with van der Waals surface area (Å²) in [5.41, 5.74) is 6.42. The highest BCUT2D eigenvalue weighted by Gasteiger charge is 2.23. The number of nitrogens with zero attached hydrogens (tertiary/aromatic N) is 2. The zero-order chi connectivity index (χ0) is 14.8. The minimum Gasteiger partial charge on any atom is -0.397 e. The summed E-state index contributed by atoms with van der Waals surface area (Å²) >= 11 is 3.25. The van der Waals surface area contributed by atoms with Gasteiger partial charge in [0.15, 0.2) is 0 Å². The number of aliphatic hydroxyl groups is 1. The molecule has 6 heteroatoms. The van der Waals surface area contributed by atoms with Gasteiger partial charge in [0, 0.05) is 10.0 Å². The predicted octanol–water partition coefficient (Wildman–Crippen LogP) is 2.43. The van der Waals surface area contributed by atoms with Gasteiger partial charge >= 0.3 is 0 Å². The number of nitrogens with two attached hydrogens (primary N) is 1. The largest absolute Gasteiger partial charge is 0.397 e. The minimum absolute atomic E-state index is 0.0464. The highest BCUT2D eigenvalue weighted by atomic mass is 79.9. The van der Waals surface area contributed by atoms with E-state index in [0.29, 0.717) is 21.3 Å². The minimum atomic E-state index is -0.909. The molecule has 104 valence electrons. The Balaban J connectivity index is 2.99. The first-order chi connectivity index (χ1) is 8.66. The van der Waals surface area contributed by atoms with Gasteiger partial charge in [-0.15, -0.1) is 0 Å². The summed E-state index contributed by atoms with van der Waals surface area (Å²) in [7, 11) is 0. The Hall–Kier alpha value is -1.13. The van der Waals surface area contributed by atoms with Crippen molar-refractivity contribution in [2.75, 3.05) is 12.3 Å². The number of nitriles is 1. The Morgan fingerprint density at radius 3 is 2.53 bits per heavy atom. The molecule has 1 aromatic carbocycles. The molecule has 0 radical (unpaired) electrons. The van der Waals surface area contributed by atoms with E-state index in [-0.39, 0.29) is 6.54 Å². The first kappa shape index (κ1) is 15.9. The van der Waals surface area contributed by atoms with Crippen molar-refractivity contribution in [2.24, 2.45) is 0 Å². The van der Waals surface area contributed by atoms with Crippen LogP contribution in [0.3, 0.4) is 0 Å². The standard InChI is InChI=1S/C13H18BrN3O2/c1-13(2,3)17(19)7-11(18)8-4-9(6-15)12(16)10(14)5-8/h4-5,11,18-19H,7,16H2,1-3H3. The van der Waals surface area contributed by atoms with Crippen molar-refractivity contribution in [1.82, 2.24) is 5.06 Å². The zero-order valence-corrected chi connectivity index (χ0v) is 12.8. The molecular weight excluding hydrogens is 310 g/mol. The van der Waals surface area contributed by atoms with E-state index in [1.54, 1.807) is 6.07 Å². The van der Waals surface area contributed by atoms with E-state index >= 15 is 0 Å². The predicted molar refractivity (Wildman–Crippen MR) is 76.5 cm³/mol. The molecular formula is C13H18BrN3O2. The SMILES string of the molecule is CC(C)(C)N(O)CC(O)c1cc(Br)c(N)c(C#N)c1. The van der Waals surface area contributed by atoms with Crippen molar-refractivity contribution in [2.45, 2.75) is 32.4 Å². The Kier molecular flexibility index (Phi) is 4.93. The Morgan fingerprint density at radius 2 is 2.05 bits per heavy atom. The van der Waals surface area contributed by atoms with Gasteiger partial charge in [0.25, 0.3) is 0 Å². The van der Waals surface area contributed by atoms with Crippen molar-refractivity contribution in [3.05, 3.63) is 27.7 Å². The number of hydrogen-bond donors (Lipinski definition) is 3. The molecule has 4 N–H and O–H groups in total. The van der Waals surface area contributed by atoms with Crippen LogP contribution in [0.5, 0.6) is 0 Å². The number of hydrogen-bond acceptors (Lipinski definition) is 5. The molecule has 1 rings (SSSR count). The molecule has 0 aliphatic heterocycles. The van der Waals surface area contributed by atoms with Crippen molar-refractivity contribution < 1.29 is 10.3 Å². The van der Waals surface area contributed by atoms with Crippen molar-refractivity contribution in [3.63, 3.8) is 0 Å². The summed E-state index contributed by atoms with van der Waals surface area (Å²) in [6.07, 6.45) is -0.909. The molecule has 0 saturated carbocycles. The summed E-state index contributed by atoms with van der Waals surface area (Å²) in [6.45, 7) is 5.54. The molecule has 0 heterocycles. The molecule has 0 spiro atoms. The maximum absolute atomic E-state index is 10.1. The maximum Gasteiger partial charge on any atom is 0.101 e. The summed E-state index contributed by atoms with van der Waals surface area (Å²) in [6, 6.07) is 5.15. The van der Waals surface area contributed by atoms with Crippen LogP contribution in [-0.4, -0.2) is 27.5 Å². The Labute approximate surface area is 121 Å². The number of aliphatic hydroxyl groups excluding tert-OH is 1.